The van der Waals surface area contributed by atoms with Gasteiger partial charge in [-0.15, -0.1) is 0 Å². The van der Waals surface area contributed by atoms with Gasteiger partial charge in [-0.25, -0.2) is 0 Å². The molecular formula is C14H17ClF3N. The van der Waals surface area contributed by atoms with Gasteiger partial charge in [0.15, 0.2) is 0 Å². The molecule has 0 bridgehead atoms. The molecule has 0 aromatic heterocycles. The largest absolute Gasteiger partial charge is 0.391 e. The lowest BCUT2D eigenvalue weighted by molar-refractivity contribution is -0.182. The van der Waals surface area contributed by atoms with Gasteiger partial charge in [-0.2, -0.15) is 13.2 Å². The molecule has 0 amide bonds. The van der Waals surface area contributed by atoms with Crippen LogP contribution in [0.2, 0.25) is 5.02 Å². The van der Waals surface area contributed by atoms with Crippen molar-refractivity contribution in [2.24, 2.45) is 5.92 Å². The predicted octanol–water partition coefficient (Wildman–Crippen LogP) is 5.18. The molecule has 0 heterocycles. The number of hydrogen-bond acceptors (Lipinski definition) is 1. The van der Waals surface area contributed by atoms with E-state index in [1.54, 1.807) is 6.07 Å². The Kier molecular flexibility index (Phi) is 4.29. The highest BCUT2D eigenvalue weighted by Gasteiger charge is 2.41. The molecule has 1 saturated carbocycles. The fourth-order valence-corrected chi connectivity index (χ4v) is 2.80. The van der Waals surface area contributed by atoms with Crippen LogP contribution >= 0.6 is 11.6 Å². The minimum Gasteiger partial charge on any atom is -0.382 e. The van der Waals surface area contributed by atoms with Crippen LogP contribution in [0.5, 0.6) is 0 Å². The van der Waals surface area contributed by atoms with Gasteiger partial charge in [0.2, 0.25) is 0 Å². The van der Waals surface area contributed by atoms with Gasteiger partial charge < -0.3 is 5.32 Å². The minimum atomic E-state index is -4.04. The SMILES string of the molecule is Cc1cc(Cl)ccc1NC1CCC(C(F)(F)F)CC1. The average molecular weight is 292 g/mol. The number of aryl methyl sites for hydroxylation is 1. The lowest BCUT2D eigenvalue weighted by Crippen LogP contribution is -2.32. The smallest absolute Gasteiger partial charge is 0.382 e. The van der Waals surface area contributed by atoms with E-state index in [0.29, 0.717) is 17.9 Å². The zero-order valence-electron chi connectivity index (χ0n) is 10.7. The highest BCUT2D eigenvalue weighted by Crippen LogP contribution is 2.38. The third kappa shape index (κ3) is 3.78. The van der Waals surface area contributed by atoms with E-state index in [1.807, 2.05) is 19.1 Å². The second kappa shape index (κ2) is 5.61. The molecule has 0 saturated heterocycles. The van der Waals surface area contributed by atoms with Crippen molar-refractivity contribution >= 4 is 17.3 Å². The summed E-state index contributed by atoms with van der Waals surface area (Å²) < 4.78 is 37.7. The van der Waals surface area contributed by atoms with Gasteiger partial charge in [0.1, 0.15) is 0 Å². The molecule has 1 N–H and O–H groups in total. The first kappa shape index (κ1) is 14.5. The normalized spacial score (nSPS) is 24.3. The molecule has 0 unspecified atom stereocenters. The second-order valence-electron chi connectivity index (χ2n) is 5.19. The summed E-state index contributed by atoms with van der Waals surface area (Å²) in [5, 5.41) is 3.99. The Morgan fingerprint density at radius 2 is 1.79 bits per heavy atom. The van der Waals surface area contributed by atoms with Gasteiger partial charge in [-0.05, 0) is 56.4 Å². The van der Waals surface area contributed by atoms with Gasteiger partial charge >= 0.3 is 6.18 Å². The van der Waals surface area contributed by atoms with Crippen LogP contribution in [0.3, 0.4) is 0 Å². The molecule has 5 heteroatoms. The molecule has 1 fully saturated rings. The Balaban J connectivity index is 1.92. The summed E-state index contributed by atoms with van der Waals surface area (Å²) in [6, 6.07) is 5.65. The van der Waals surface area contributed by atoms with Gasteiger partial charge in [-0.3, -0.25) is 0 Å². The van der Waals surface area contributed by atoms with Gasteiger partial charge in [0.05, 0.1) is 5.92 Å². The van der Waals surface area contributed by atoms with E-state index in [1.165, 1.54) is 0 Å². The molecule has 0 radical (unpaired) electrons. The number of nitrogens with one attached hydrogen (secondary N) is 1. The maximum absolute atomic E-state index is 12.6. The van der Waals surface area contributed by atoms with E-state index >= 15 is 0 Å². The molecule has 1 nitrogen and oxygen atoms in total. The van der Waals surface area contributed by atoms with Gasteiger partial charge in [0, 0.05) is 16.8 Å². The minimum absolute atomic E-state index is 0.124. The van der Waals surface area contributed by atoms with Gasteiger partial charge in [0.25, 0.3) is 0 Å². The Morgan fingerprint density at radius 3 is 2.32 bits per heavy atom. The lowest BCUT2D eigenvalue weighted by Gasteiger charge is -2.31. The van der Waals surface area contributed by atoms with Crippen molar-refractivity contribution in [1.82, 2.24) is 0 Å². The molecule has 0 atom stereocenters. The zero-order valence-corrected chi connectivity index (χ0v) is 11.5. The van der Waals surface area contributed by atoms with E-state index < -0.39 is 12.1 Å². The van der Waals surface area contributed by atoms with Crippen molar-refractivity contribution in [2.75, 3.05) is 5.32 Å². The third-order valence-corrected chi connectivity index (χ3v) is 3.97. The number of rotatable bonds is 2. The molecule has 19 heavy (non-hydrogen) atoms. The number of benzene rings is 1. The first-order chi connectivity index (χ1) is 8.86. The summed E-state index contributed by atoms with van der Waals surface area (Å²) in [6.45, 7) is 1.94. The van der Waals surface area contributed by atoms with Crippen LogP contribution in [0.25, 0.3) is 0 Å². The van der Waals surface area contributed by atoms with E-state index in [9.17, 15) is 13.2 Å². The van der Waals surface area contributed by atoms with Crippen molar-refractivity contribution in [3.05, 3.63) is 28.8 Å². The number of alkyl halides is 3. The molecule has 1 aliphatic carbocycles. The Hall–Kier alpha value is -0.900. The summed E-state index contributed by atoms with van der Waals surface area (Å²) in [4.78, 5) is 0. The van der Waals surface area contributed by atoms with E-state index in [2.05, 4.69) is 5.32 Å². The Labute approximate surface area is 116 Å². The van der Waals surface area contributed by atoms with Crippen LogP contribution in [0, 0.1) is 12.8 Å². The molecule has 106 valence electrons. The summed E-state index contributed by atoms with van der Waals surface area (Å²) in [7, 11) is 0. The standard InChI is InChI=1S/C14H17ClF3N/c1-9-8-11(15)4-7-13(9)19-12-5-2-10(3-6-12)14(16,17)18/h4,7-8,10,12,19H,2-3,5-6H2,1H3. The van der Waals surface area contributed by atoms with Crippen LogP contribution in [0.4, 0.5) is 18.9 Å². The average Bonchev–Trinajstić information content (AvgIpc) is 2.32. The fourth-order valence-electron chi connectivity index (χ4n) is 2.57. The lowest BCUT2D eigenvalue weighted by atomic mass is 9.85. The first-order valence-corrected chi connectivity index (χ1v) is 6.83. The molecule has 0 aliphatic heterocycles. The van der Waals surface area contributed by atoms with Crippen LogP contribution in [0.1, 0.15) is 31.2 Å². The Morgan fingerprint density at radius 1 is 1.16 bits per heavy atom. The number of hydrogen-bond donors (Lipinski definition) is 1. The summed E-state index contributed by atoms with van der Waals surface area (Å²) >= 11 is 5.88. The fraction of sp³-hybridized carbons (Fsp3) is 0.571. The molecule has 0 spiro atoms. The van der Waals surface area contributed by atoms with Crippen LogP contribution in [0.15, 0.2) is 18.2 Å². The first-order valence-electron chi connectivity index (χ1n) is 6.45. The predicted molar refractivity (Wildman–Crippen MR) is 71.6 cm³/mol. The van der Waals surface area contributed by atoms with Gasteiger partial charge in [-0.1, -0.05) is 11.6 Å². The molecular weight excluding hydrogens is 275 g/mol. The molecule has 1 aromatic rings. The van der Waals surface area contributed by atoms with Crippen molar-refractivity contribution in [3.8, 4) is 0 Å². The highest BCUT2D eigenvalue weighted by molar-refractivity contribution is 6.30. The highest BCUT2D eigenvalue weighted by atomic mass is 35.5. The summed E-state index contributed by atoms with van der Waals surface area (Å²) in [6.07, 6.45) is -2.48. The van der Waals surface area contributed by atoms with Crippen molar-refractivity contribution < 1.29 is 13.2 Å². The van der Waals surface area contributed by atoms with Crippen LogP contribution < -0.4 is 5.32 Å². The summed E-state index contributed by atoms with van der Waals surface area (Å²) in [5.41, 5.74) is 1.98. The maximum atomic E-state index is 12.6. The van der Waals surface area contributed by atoms with E-state index in [-0.39, 0.29) is 18.9 Å². The van der Waals surface area contributed by atoms with Crippen molar-refractivity contribution in [2.45, 2.75) is 44.8 Å². The second-order valence-corrected chi connectivity index (χ2v) is 5.63. The third-order valence-electron chi connectivity index (χ3n) is 3.74. The van der Waals surface area contributed by atoms with Crippen molar-refractivity contribution in [1.29, 1.82) is 0 Å². The van der Waals surface area contributed by atoms with Crippen LogP contribution in [-0.4, -0.2) is 12.2 Å². The molecule has 2 rings (SSSR count). The van der Waals surface area contributed by atoms with Crippen molar-refractivity contribution in [3.63, 3.8) is 0 Å². The van der Waals surface area contributed by atoms with Crippen LogP contribution in [-0.2, 0) is 0 Å². The van der Waals surface area contributed by atoms with E-state index in [4.69, 9.17) is 11.6 Å². The quantitative estimate of drug-likeness (QED) is 0.791. The van der Waals surface area contributed by atoms with E-state index in [0.717, 1.165) is 11.3 Å². The monoisotopic (exact) mass is 291 g/mol. The maximum Gasteiger partial charge on any atom is 0.391 e. The number of halogens is 4. The zero-order chi connectivity index (χ0) is 14.0. The molecule has 1 aliphatic rings. The topological polar surface area (TPSA) is 12.0 Å². The number of anilines is 1. The molecule has 1 aromatic carbocycles. The Bertz CT molecular complexity index is 437. The summed E-state index contributed by atoms with van der Waals surface area (Å²) in [5.74, 6) is -1.13.